The number of carbonyl (C=O) groups is 2. The van der Waals surface area contributed by atoms with Crippen molar-refractivity contribution in [2.24, 2.45) is 0 Å². The number of piperazine rings is 1. The van der Waals surface area contributed by atoms with Gasteiger partial charge in [0, 0.05) is 69.1 Å². The molecule has 2 aliphatic heterocycles. The Morgan fingerprint density at radius 1 is 1.21 bits per heavy atom. The second kappa shape index (κ2) is 9.23. The van der Waals surface area contributed by atoms with Crippen LogP contribution in [0.5, 0.6) is 0 Å². The van der Waals surface area contributed by atoms with Gasteiger partial charge in [0.05, 0.1) is 16.6 Å². The van der Waals surface area contributed by atoms with E-state index in [-0.39, 0.29) is 11.8 Å². The Bertz CT molecular complexity index is 1150. The highest BCUT2D eigenvalue weighted by Gasteiger charge is 2.27. The van der Waals surface area contributed by atoms with E-state index >= 15 is 0 Å². The molecule has 5 rings (SSSR count). The predicted molar refractivity (Wildman–Crippen MR) is 131 cm³/mol. The van der Waals surface area contributed by atoms with Crippen molar-refractivity contribution in [3.05, 3.63) is 42.5 Å². The molecule has 0 spiro atoms. The summed E-state index contributed by atoms with van der Waals surface area (Å²) in [5.41, 5.74) is 4.00. The molecule has 2 saturated heterocycles. The van der Waals surface area contributed by atoms with Crippen LogP contribution in [0.4, 0.5) is 11.4 Å². The molecule has 0 saturated carbocycles. The third-order valence-electron chi connectivity index (χ3n) is 6.56. The molecule has 3 aromatic rings. The number of aromatic amines is 1. The summed E-state index contributed by atoms with van der Waals surface area (Å²) in [7, 11) is 2.03. The second-order valence-electron chi connectivity index (χ2n) is 8.78. The fourth-order valence-corrected chi connectivity index (χ4v) is 4.82. The normalized spacial score (nSPS) is 18.6. The molecule has 5 heterocycles. The Morgan fingerprint density at radius 3 is 2.79 bits per heavy atom. The summed E-state index contributed by atoms with van der Waals surface area (Å²) < 4.78 is 0. The number of fused-ring (bicyclic) bond motifs is 1. The molecular weight excluding hydrogens is 417 g/mol. The van der Waals surface area contributed by atoms with Crippen molar-refractivity contribution in [1.82, 2.24) is 25.2 Å². The molecule has 0 bridgehead atoms. The Labute approximate surface area is 193 Å². The molecule has 33 heavy (non-hydrogen) atoms. The lowest BCUT2D eigenvalue weighted by atomic mass is 9.93. The van der Waals surface area contributed by atoms with Crippen LogP contribution in [-0.4, -0.2) is 78.3 Å². The van der Waals surface area contributed by atoms with Crippen molar-refractivity contribution in [1.29, 1.82) is 0 Å². The smallest absolute Gasteiger partial charge is 0.257 e. The van der Waals surface area contributed by atoms with Gasteiger partial charge in [0.2, 0.25) is 5.91 Å². The van der Waals surface area contributed by atoms with Crippen molar-refractivity contribution in [2.45, 2.75) is 25.3 Å². The number of rotatable bonds is 5. The highest BCUT2D eigenvalue weighted by Crippen LogP contribution is 2.31. The zero-order valence-corrected chi connectivity index (χ0v) is 18.8. The molecule has 0 radical (unpaired) electrons. The molecular formula is C23H28BN7O2. The van der Waals surface area contributed by atoms with Crippen LogP contribution in [0.1, 0.15) is 29.6 Å². The SMILES string of the molecule is Bc1cnc2[nH]cc(NC(=O)c3cccnc3)c2c1N1CCN(C(=O)CC2CCCN2)CC1. The number of nitrogens with zero attached hydrogens (tertiary/aromatic N) is 4. The third kappa shape index (κ3) is 4.43. The lowest BCUT2D eigenvalue weighted by Gasteiger charge is -2.37. The fourth-order valence-electron chi connectivity index (χ4n) is 4.82. The van der Waals surface area contributed by atoms with E-state index < -0.39 is 0 Å². The number of hydrogen-bond donors (Lipinski definition) is 3. The zero-order valence-electron chi connectivity index (χ0n) is 18.8. The summed E-state index contributed by atoms with van der Waals surface area (Å²) in [6.45, 7) is 3.88. The standard InChI is InChI=1S/C23H28BN7O2/c24-17-13-27-22-20(18(14-28-22)29-23(33)15-3-1-5-25-12-15)21(17)31-9-7-30(8-10-31)19(32)11-16-4-2-6-26-16/h1,3,5,12-14,16,26H,2,4,6-11,24H2,(H,27,28)(H,29,33). The minimum Gasteiger partial charge on any atom is -0.368 e. The van der Waals surface area contributed by atoms with E-state index in [0.29, 0.717) is 36.8 Å². The first-order valence-electron chi connectivity index (χ1n) is 11.5. The summed E-state index contributed by atoms with van der Waals surface area (Å²) in [6, 6.07) is 3.80. The van der Waals surface area contributed by atoms with Gasteiger partial charge in [-0.05, 0) is 37.0 Å². The van der Waals surface area contributed by atoms with Crippen molar-refractivity contribution < 1.29 is 9.59 Å². The molecule has 2 aliphatic rings. The second-order valence-corrected chi connectivity index (χ2v) is 8.78. The van der Waals surface area contributed by atoms with E-state index in [2.05, 4.69) is 30.5 Å². The number of nitrogens with one attached hydrogen (secondary N) is 3. The molecule has 2 fully saturated rings. The number of anilines is 2. The van der Waals surface area contributed by atoms with Crippen LogP contribution in [-0.2, 0) is 4.79 Å². The van der Waals surface area contributed by atoms with Gasteiger partial charge < -0.3 is 25.4 Å². The van der Waals surface area contributed by atoms with Crippen LogP contribution in [0.3, 0.4) is 0 Å². The van der Waals surface area contributed by atoms with Crippen molar-refractivity contribution in [3.63, 3.8) is 0 Å². The largest absolute Gasteiger partial charge is 0.368 e. The third-order valence-corrected chi connectivity index (χ3v) is 6.56. The molecule has 10 heteroatoms. The Hall–Kier alpha value is -3.40. The zero-order chi connectivity index (χ0) is 22.8. The molecule has 170 valence electrons. The van der Waals surface area contributed by atoms with Crippen LogP contribution < -0.4 is 21.0 Å². The lowest BCUT2D eigenvalue weighted by Crippen LogP contribution is -2.50. The minimum absolute atomic E-state index is 0.215. The van der Waals surface area contributed by atoms with Crippen molar-refractivity contribution in [2.75, 3.05) is 42.9 Å². The van der Waals surface area contributed by atoms with Gasteiger partial charge in [0.15, 0.2) is 0 Å². The van der Waals surface area contributed by atoms with E-state index in [9.17, 15) is 9.59 Å². The number of aromatic nitrogens is 3. The Balaban J connectivity index is 1.34. The van der Waals surface area contributed by atoms with Crippen LogP contribution in [0.2, 0.25) is 0 Å². The average molecular weight is 445 g/mol. The van der Waals surface area contributed by atoms with E-state index in [4.69, 9.17) is 0 Å². The van der Waals surface area contributed by atoms with Crippen molar-refractivity contribution >= 4 is 47.5 Å². The number of pyridine rings is 2. The molecule has 3 aromatic heterocycles. The highest BCUT2D eigenvalue weighted by molar-refractivity contribution is 6.38. The number of amides is 2. The summed E-state index contributed by atoms with van der Waals surface area (Å²) in [5, 5.41) is 7.31. The molecule has 1 unspecified atom stereocenters. The van der Waals surface area contributed by atoms with Crippen LogP contribution in [0.15, 0.2) is 36.9 Å². The molecule has 2 amide bonds. The molecule has 0 aromatic carbocycles. The fraction of sp³-hybridized carbons (Fsp3) is 0.391. The van der Waals surface area contributed by atoms with Crippen molar-refractivity contribution in [3.8, 4) is 0 Å². The number of H-pyrrole nitrogens is 1. The quantitative estimate of drug-likeness (QED) is 0.487. The summed E-state index contributed by atoms with van der Waals surface area (Å²) in [6.07, 6.45) is 9.64. The molecule has 0 aliphatic carbocycles. The topological polar surface area (TPSA) is 106 Å². The van der Waals surface area contributed by atoms with Gasteiger partial charge in [-0.1, -0.05) is 0 Å². The maximum absolute atomic E-state index is 12.7. The number of carbonyl (C=O) groups excluding carboxylic acids is 2. The first kappa shape index (κ1) is 21.5. The maximum Gasteiger partial charge on any atom is 0.257 e. The van der Waals surface area contributed by atoms with Crippen LogP contribution >= 0.6 is 0 Å². The van der Waals surface area contributed by atoms with Gasteiger partial charge >= 0.3 is 0 Å². The first-order chi connectivity index (χ1) is 16.1. The lowest BCUT2D eigenvalue weighted by molar-refractivity contribution is -0.131. The van der Waals surface area contributed by atoms with E-state index in [1.165, 1.54) is 0 Å². The monoisotopic (exact) mass is 445 g/mol. The van der Waals surface area contributed by atoms with Gasteiger partial charge in [0.1, 0.15) is 13.5 Å². The average Bonchev–Trinajstić information content (AvgIpc) is 3.50. The first-order valence-corrected chi connectivity index (χ1v) is 11.5. The Morgan fingerprint density at radius 2 is 2.06 bits per heavy atom. The van der Waals surface area contributed by atoms with E-state index in [1.807, 2.05) is 18.9 Å². The van der Waals surface area contributed by atoms with E-state index in [0.717, 1.165) is 54.7 Å². The van der Waals surface area contributed by atoms with Gasteiger partial charge in [-0.3, -0.25) is 14.6 Å². The van der Waals surface area contributed by atoms with Gasteiger partial charge in [-0.25, -0.2) is 4.98 Å². The van der Waals surface area contributed by atoms with Crippen LogP contribution in [0.25, 0.3) is 11.0 Å². The van der Waals surface area contributed by atoms with Gasteiger partial charge in [-0.15, -0.1) is 0 Å². The number of hydrogen-bond acceptors (Lipinski definition) is 6. The minimum atomic E-state index is -0.215. The summed E-state index contributed by atoms with van der Waals surface area (Å²) in [5.74, 6) is 0.0177. The summed E-state index contributed by atoms with van der Waals surface area (Å²) in [4.78, 5) is 41.5. The molecule has 3 N–H and O–H groups in total. The van der Waals surface area contributed by atoms with E-state index in [1.54, 1.807) is 30.7 Å². The summed E-state index contributed by atoms with van der Waals surface area (Å²) >= 11 is 0. The predicted octanol–water partition coefficient (Wildman–Crippen LogP) is 0.259. The maximum atomic E-state index is 12.7. The van der Waals surface area contributed by atoms with Gasteiger partial charge in [-0.2, -0.15) is 0 Å². The van der Waals surface area contributed by atoms with Gasteiger partial charge in [0.25, 0.3) is 5.91 Å². The highest BCUT2D eigenvalue weighted by atomic mass is 16.2. The Kier molecular flexibility index (Phi) is 6.00. The molecule has 1 atom stereocenters. The molecule has 9 nitrogen and oxygen atoms in total. The van der Waals surface area contributed by atoms with Crippen LogP contribution in [0, 0.1) is 0 Å².